The molecule has 9 heteroatoms. The molecule has 4 heterocycles. The number of likely N-dealkylation sites (N-methyl/N-ethyl adjacent to an activating group) is 1. The van der Waals surface area contributed by atoms with Crippen LogP contribution in [0.5, 0.6) is 0 Å². The largest absolute Gasteiger partial charge is 0.368 e. The number of rotatable bonds is 4. The zero-order valence-corrected chi connectivity index (χ0v) is 19.1. The maximum atomic E-state index is 8.91. The van der Waals surface area contributed by atoms with Crippen LogP contribution < -0.4 is 15.5 Å². The van der Waals surface area contributed by atoms with E-state index in [1.165, 1.54) is 11.1 Å². The lowest BCUT2D eigenvalue weighted by atomic mass is 9.92. The lowest BCUT2D eigenvalue weighted by molar-refractivity contribution is 0.312. The summed E-state index contributed by atoms with van der Waals surface area (Å²) in [5, 5.41) is 13.4. The Balaban J connectivity index is 1.42. The predicted molar refractivity (Wildman–Crippen MR) is 129 cm³/mol. The SMILES string of the molecule is CC1Cc2ccc(-c3ccn(CC#N)n3)cc2CN1c1cc(N2CCN(C)CC2)nc(N)n1. The van der Waals surface area contributed by atoms with E-state index in [0.717, 1.165) is 62.0 Å². The third-order valence-electron chi connectivity index (χ3n) is 6.60. The molecule has 9 nitrogen and oxygen atoms in total. The molecule has 2 aliphatic rings. The highest BCUT2D eigenvalue weighted by atomic mass is 15.3. The van der Waals surface area contributed by atoms with E-state index in [0.29, 0.717) is 12.0 Å². The maximum absolute atomic E-state index is 8.91. The molecule has 3 aromatic rings. The molecule has 2 aliphatic heterocycles. The molecule has 1 aromatic carbocycles. The van der Waals surface area contributed by atoms with Crippen LogP contribution in [-0.4, -0.2) is 63.9 Å². The minimum Gasteiger partial charge on any atom is -0.368 e. The fourth-order valence-electron chi connectivity index (χ4n) is 4.67. The first-order valence-corrected chi connectivity index (χ1v) is 11.4. The number of nitrogens with zero attached hydrogens (tertiary/aromatic N) is 8. The number of nitrogens with two attached hydrogens (primary N) is 1. The third kappa shape index (κ3) is 4.34. The minimum absolute atomic E-state index is 0.251. The second-order valence-electron chi connectivity index (χ2n) is 8.95. The average Bonchev–Trinajstić information content (AvgIpc) is 3.27. The van der Waals surface area contributed by atoms with Crippen molar-refractivity contribution in [1.29, 1.82) is 5.26 Å². The van der Waals surface area contributed by atoms with E-state index >= 15 is 0 Å². The highest BCUT2D eigenvalue weighted by molar-refractivity contribution is 5.63. The average molecular weight is 444 g/mol. The lowest BCUT2D eigenvalue weighted by Crippen LogP contribution is -2.45. The monoisotopic (exact) mass is 443 g/mol. The van der Waals surface area contributed by atoms with Crippen LogP contribution in [0.3, 0.4) is 0 Å². The highest BCUT2D eigenvalue weighted by Crippen LogP contribution is 2.32. The van der Waals surface area contributed by atoms with Crippen molar-refractivity contribution in [3.63, 3.8) is 0 Å². The smallest absolute Gasteiger partial charge is 0.223 e. The molecule has 0 bridgehead atoms. The van der Waals surface area contributed by atoms with Crippen LogP contribution in [0.4, 0.5) is 17.6 Å². The third-order valence-corrected chi connectivity index (χ3v) is 6.60. The van der Waals surface area contributed by atoms with Gasteiger partial charge in [-0.05, 0) is 43.7 Å². The second kappa shape index (κ2) is 8.71. The second-order valence-corrected chi connectivity index (χ2v) is 8.95. The van der Waals surface area contributed by atoms with Crippen molar-refractivity contribution in [2.45, 2.75) is 32.5 Å². The maximum Gasteiger partial charge on any atom is 0.223 e. The van der Waals surface area contributed by atoms with Crippen molar-refractivity contribution in [1.82, 2.24) is 24.6 Å². The molecule has 0 saturated carbocycles. The number of hydrogen-bond donors (Lipinski definition) is 1. The van der Waals surface area contributed by atoms with E-state index < -0.39 is 0 Å². The van der Waals surface area contributed by atoms with Gasteiger partial charge in [0, 0.05) is 56.6 Å². The van der Waals surface area contributed by atoms with E-state index in [2.05, 4.69) is 74.1 Å². The van der Waals surface area contributed by atoms with Gasteiger partial charge in [0.05, 0.1) is 11.8 Å². The quantitative estimate of drug-likeness (QED) is 0.654. The molecule has 1 atom stereocenters. The van der Waals surface area contributed by atoms with Gasteiger partial charge in [-0.25, -0.2) is 0 Å². The van der Waals surface area contributed by atoms with Crippen LogP contribution >= 0.6 is 0 Å². The molecule has 2 N–H and O–H groups in total. The van der Waals surface area contributed by atoms with E-state index in [1.54, 1.807) is 4.68 Å². The Bertz CT molecular complexity index is 1190. The Morgan fingerprint density at radius 1 is 1.06 bits per heavy atom. The zero-order chi connectivity index (χ0) is 22.9. The number of fused-ring (bicyclic) bond motifs is 1. The summed E-state index contributed by atoms with van der Waals surface area (Å²) < 4.78 is 1.66. The number of anilines is 3. The summed E-state index contributed by atoms with van der Waals surface area (Å²) in [6.45, 7) is 7.13. The van der Waals surface area contributed by atoms with Gasteiger partial charge in [-0.2, -0.15) is 20.3 Å². The standard InChI is InChI=1S/C24H29N9/c1-17-13-18-3-4-19(21-5-7-32(29-21)8-6-25)14-20(18)16-33(17)23-15-22(27-24(26)28-23)31-11-9-30(2)10-12-31/h3-5,7,14-15,17H,8-13,16H2,1-2H3,(H2,26,27,28). The molecule has 0 amide bonds. The summed E-state index contributed by atoms with van der Waals surface area (Å²) in [5.74, 6) is 2.09. The normalized spacial score (nSPS) is 18.8. The molecule has 170 valence electrons. The summed E-state index contributed by atoms with van der Waals surface area (Å²) in [7, 11) is 2.15. The molecule has 5 rings (SSSR count). The summed E-state index contributed by atoms with van der Waals surface area (Å²) >= 11 is 0. The molecule has 1 saturated heterocycles. The van der Waals surface area contributed by atoms with Gasteiger partial charge >= 0.3 is 0 Å². The van der Waals surface area contributed by atoms with E-state index in [-0.39, 0.29) is 6.54 Å². The van der Waals surface area contributed by atoms with Crippen LogP contribution in [-0.2, 0) is 19.5 Å². The molecule has 2 aromatic heterocycles. The topological polar surface area (TPSA) is 103 Å². The Kier molecular flexibility index (Phi) is 5.60. The van der Waals surface area contributed by atoms with E-state index in [1.807, 2.05) is 12.3 Å². The Morgan fingerprint density at radius 2 is 1.85 bits per heavy atom. The van der Waals surface area contributed by atoms with Crippen LogP contribution in [0, 0.1) is 11.3 Å². The van der Waals surface area contributed by atoms with Crippen molar-refractivity contribution < 1.29 is 0 Å². The van der Waals surface area contributed by atoms with Crippen molar-refractivity contribution in [2.24, 2.45) is 0 Å². The van der Waals surface area contributed by atoms with Gasteiger partial charge in [0.1, 0.15) is 18.2 Å². The van der Waals surface area contributed by atoms with Gasteiger partial charge in [0.15, 0.2) is 0 Å². The first-order chi connectivity index (χ1) is 16.0. The summed E-state index contributed by atoms with van der Waals surface area (Å²) in [6.07, 6.45) is 2.78. The van der Waals surface area contributed by atoms with Crippen LogP contribution in [0.15, 0.2) is 36.5 Å². The molecule has 0 aliphatic carbocycles. The predicted octanol–water partition coefficient (Wildman–Crippen LogP) is 2.15. The number of piperazine rings is 1. The molecule has 1 fully saturated rings. The van der Waals surface area contributed by atoms with Gasteiger partial charge in [-0.15, -0.1) is 0 Å². The fraction of sp³-hybridized carbons (Fsp3) is 0.417. The fourth-order valence-corrected chi connectivity index (χ4v) is 4.67. The first kappa shape index (κ1) is 21.2. The van der Waals surface area contributed by atoms with Gasteiger partial charge in [0.2, 0.25) is 5.95 Å². The van der Waals surface area contributed by atoms with Gasteiger partial charge in [0.25, 0.3) is 0 Å². The van der Waals surface area contributed by atoms with Crippen molar-refractivity contribution >= 4 is 17.6 Å². The number of benzene rings is 1. The van der Waals surface area contributed by atoms with Gasteiger partial charge in [-0.1, -0.05) is 12.1 Å². The molecule has 33 heavy (non-hydrogen) atoms. The number of aromatic nitrogens is 4. The van der Waals surface area contributed by atoms with Crippen molar-refractivity contribution in [2.75, 3.05) is 48.8 Å². The van der Waals surface area contributed by atoms with Gasteiger partial charge in [-0.3, -0.25) is 4.68 Å². The summed E-state index contributed by atoms with van der Waals surface area (Å²) in [4.78, 5) is 16.1. The highest BCUT2D eigenvalue weighted by Gasteiger charge is 2.26. The van der Waals surface area contributed by atoms with Crippen LogP contribution in [0.2, 0.25) is 0 Å². The van der Waals surface area contributed by atoms with Gasteiger partial charge < -0.3 is 20.4 Å². The zero-order valence-electron chi connectivity index (χ0n) is 19.1. The molecule has 0 spiro atoms. The Labute approximate surface area is 194 Å². The summed E-state index contributed by atoms with van der Waals surface area (Å²) in [6, 6.07) is 13.0. The summed E-state index contributed by atoms with van der Waals surface area (Å²) in [5.41, 5.74) is 10.7. The van der Waals surface area contributed by atoms with E-state index in [9.17, 15) is 0 Å². The van der Waals surface area contributed by atoms with Crippen molar-refractivity contribution in [3.8, 4) is 17.3 Å². The number of nitriles is 1. The molecular weight excluding hydrogens is 414 g/mol. The van der Waals surface area contributed by atoms with Crippen LogP contribution in [0.1, 0.15) is 18.1 Å². The first-order valence-electron chi connectivity index (χ1n) is 11.4. The van der Waals surface area contributed by atoms with Crippen molar-refractivity contribution in [3.05, 3.63) is 47.7 Å². The molecular formula is C24H29N9. The molecule has 1 unspecified atom stereocenters. The van der Waals surface area contributed by atoms with E-state index in [4.69, 9.17) is 11.0 Å². The number of hydrogen-bond acceptors (Lipinski definition) is 8. The number of nitrogen functional groups attached to an aromatic ring is 1. The Morgan fingerprint density at radius 3 is 2.64 bits per heavy atom. The van der Waals surface area contributed by atoms with Crippen LogP contribution in [0.25, 0.3) is 11.3 Å². The lowest BCUT2D eigenvalue weighted by Gasteiger charge is -2.37. The Hall–Kier alpha value is -3.64. The minimum atomic E-state index is 0.251. The molecule has 0 radical (unpaired) electrons.